The molecule has 2 fully saturated rings. The molecule has 0 saturated carbocycles. The highest BCUT2D eigenvalue weighted by Crippen LogP contribution is 2.39. The van der Waals surface area contributed by atoms with E-state index in [1.807, 2.05) is 18.2 Å². The third kappa shape index (κ3) is 3.54. The second-order valence-corrected chi connectivity index (χ2v) is 7.40. The molecule has 26 heavy (non-hydrogen) atoms. The molecule has 2 saturated heterocycles. The van der Waals surface area contributed by atoms with Gasteiger partial charge in [-0.2, -0.15) is 0 Å². The van der Waals surface area contributed by atoms with E-state index < -0.39 is 5.82 Å². The van der Waals surface area contributed by atoms with E-state index in [1.54, 1.807) is 6.20 Å². The summed E-state index contributed by atoms with van der Waals surface area (Å²) >= 11 is 0. The summed E-state index contributed by atoms with van der Waals surface area (Å²) in [4.78, 5) is 17.1. The van der Waals surface area contributed by atoms with E-state index in [4.69, 9.17) is 4.74 Å². The van der Waals surface area contributed by atoms with Crippen LogP contribution in [0.1, 0.15) is 18.5 Å². The van der Waals surface area contributed by atoms with Crippen molar-refractivity contribution < 1.29 is 9.13 Å². The van der Waals surface area contributed by atoms with E-state index in [0.717, 1.165) is 44.8 Å². The first kappa shape index (κ1) is 17.3. The van der Waals surface area contributed by atoms with Crippen molar-refractivity contribution in [3.05, 3.63) is 48.3 Å². The SMILES string of the molecule is CN1CC[C@H](COCc2ccccn2)CC12CN(c1ncc(F)cn1)C2. The fourth-order valence-electron chi connectivity index (χ4n) is 4.01. The van der Waals surface area contributed by atoms with E-state index >= 15 is 0 Å². The van der Waals surface area contributed by atoms with Crippen LogP contribution in [0.3, 0.4) is 0 Å². The predicted molar refractivity (Wildman–Crippen MR) is 96.2 cm³/mol. The second-order valence-electron chi connectivity index (χ2n) is 7.40. The zero-order valence-electron chi connectivity index (χ0n) is 15.0. The molecule has 138 valence electrons. The van der Waals surface area contributed by atoms with Crippen molar-refractivity contribution in [2.24, 2.45) is 5.92 Å². The molecular weight excluding hydrogens is 333 g/mol. The Kier molecular flexibility index (Phi) is 4.82. The van der Waals surface area contributed by atoms with Gasteiger partial charge >= 0.3 is 0 Å². The number of pyridine rings is 1. The monoisotopic (exact) mass is 357 g/mol. The molecule has 2 aromatic heterocycles. The van der Waals surface area contributed by atoms with Crippen LogP contribution in [0.15, 0.2) is 36.8 Å². The first-order valence-corrected chi connectivity index (χ1v) is 9.06. The van der Waals surface area contributed by atoms with Gasteiger partial charge in [0, 0.05) is 19.3 Å². The maximum Gasteiger partial charge on any atom is 0.225 e. The van der Waals surface area contributed by atoms with Gasteiger partial charge in [0.05, 0.1) is 36.8 Å². The summed E-state index contributed by atoms with van der Waals surface area (Å²) in [5.74, 6) is 0.758. The third-order valence-electron chi connectivity index (χ3n) is 5.54. The molecular formula is C19H24FN5O. The lowest BCUT2D eigenvalue weighted by molar-refractivity contribution is -0.0161. The number of halogens is 1. The van der Waals surface area contributed by atoms with Crippen molar-refractivity contribution >= 4 is 5.95 Å². The maximum absolute atomic E-state index is 13.0. The van der Waals surface area contributed by atoms with Gasteiger partial charge in [0.2, 0.25) is 5.95 Å². The van der Waals surface area contributed by atoms with Crippen LogP contribution in [-0.2, 0) is 11.3 Å². The smallest absolute Gasteiger partial charge is 0.225 e. The zero-order chi connectivity index (χ0) is 18.0. The number of nitrogens with zero attached hydrogens (tertiary/aromatic N) is 5. The average molecular weight is 357 g/mol. The van der Waals surface area contributed by atoms with Crippen LogP contribution in [0.2, 0.25) is 0 Å². The van der Waals surface area contributed by atoms with Gasteiger partial charge < -0.3 is 9.64 Å². The van der Waals surface area contributed by atoms with Gasteiger partial charge in [-0.1, -0.05) is 6.07 Å². The Morgan fingerprint density at radius 2 is 2.04 bits per heavy atom. The number of likely N-dealkylation sites (N-methyl/N-ethyl adjacent to an activating group) is 1. The molecule has 0 N–H and O–H groups in total. The Bertz CT molecular complexity index is 720. The standard InChI is InChI=1S/C19H24FN5O/c1-24-7-5-15(11-26-12-17-4-2-3-6-21-17)8-19(24)13-25(14-19)18-22-9-16(20)10-23-18/h2-4,6,9-10,15H,5,7-8,11-14H2,1H3/t15-/m0/s1. The van der Waals surface area contributed by atoms with Crippen molar-refractivity contribution in [1.29, 1.82) is 0 Å². The van der Waals surface area contributed by atoms with Crippen LogP contribution in [0.4, 0.5) is 10.3 Å². The lowest BCUT2D eigenvalue weighted by Crippen LogP contribution is -2.72. The van der Waals surface area contributed by atoms with Gasteiger partial charge in [-0.25, -0.2) is 14.4 Å². The average Bonchev–Trinajstić information content (AvgIpc) is 2.63. The Balaban J connectivity index is 1.30. The number of aromatic nitrogens is 3. The minimum atomic E-state index is -0.399. The van der Waals surface area contributed by atoms with Gasteiger partial charge in [0.1, 0.15) is 0 Å². The minimum Gasteiger partial charge on any atom is -0.375 e. The normalized spacial score (nSPS) is 22.4. The summed E-state index contributed by atoms with van der Waals surface area (Å²) in [7, 11) is 2.19. The highest BCUT2D eigenvalue weighted by molar-refractivity contribution is 5.38. The highest BCUT2D eigenvalue weighted by atomic mass is 19.1. The molecule has 0 bridgehead atoms. The quantitative estimate of drug-likeness (QED) is 0.817. The summed E-state index contributed by atoms with van der Waals surface area (Å²) in [6.45, 7) is 4.16. The molecule has 7 heteroatoms. The summed E-state index contributed by atoms with van der Waals surface area (Å²) < 4.78 is 18.9. The zero-order valence-corrected chi connectivity index (χ0v) is 15.0. The van der Waals surface area contributed by atoms with Gasteiger partial charge in [-0.05, 0) is 44.5 Å². The molecule has 0 amide bonds. The van der Waals surface area contributed by atoms with Crippen LogP contribution < -0.4 is 4.90 Å². The van der Waals surface area contributed by atoms with Crippen molar-refractivity contribution in [3.63, 3.8) is 0 Å². The van der Waals surface area contributed by atoms with Crippen LogP contribution in [0.5, 0.6) is 0 Å². The molecule has 6 nitrogen and oxygen atoms in total. The molecule has 0 aromatic carbocycles. The Labute approximate surface area is 153 Å². The molecule has 2 aromatic rings. The summed E-state index contributed by atoms with van der Waals surface area (Å²) in [6.07, 6.45) is 6.50. The number of hydrogen-bond donors (Lipinski definition) is 0. The van der Waals surface area contributed by atoms with E-state index in [1.165, 1.54) is 12.4 Å². The van der Waals surface area contributed by atoms with E-state index in [-0.39, 0.29) is 5.54 Å². The van der Waals surface area contributed by atoms with Gasteiger partial charge in [-0.15, -0.1) is 0 Å². The van der Waals surface area contributed by atoms with Gasteiger partial charge in [-0.3, -0.25) is 9.88 Å². The fourth-order valence-corrected chi connectivity index (χ4v) is 4.01. The second kappa shape index (κ2) is 7.25. The van der Waals surface area contributed by atoms with Crippen LogP contribution in [0.25, 0.3) is 0 Å². The van der Waals surface area contributed by atoms with Crippen molar-refractivity contribution in [3.8, 4) is 0 Å². The number of ether oxygens (including phenoxy) is 1. The minimum absolute atomic E-state index is 0.148. The number of rotatable bonds is 5. The summed E-state index contributed by atoms with van der Waals surface area (Å²) in [5.41, 5.74) is 1.12. The topological polar surface area (TPSA) is 54.4 Å². The fraction of sp³-hybridized carbons (Fsp3) is 0.526. The number of piperidine rings is 1. The third-order valence-corrected chi connectivity index (χ3v) is 5.54. The Hall–Kier alpha value is -2.12. The molecule has 4 rings (SSSR count). The summed E-state index contributed by atoms with van der Waals surface area (Å²) in [6, 6.07) is 5.89. The molecule has 2 aliphatic rings. The van der Waals surface area contributed by atoms with Crippen molar-refractivity contribution in [2.45, 2.75) is 25.0 Å². The lowest BCUT2D eigenvalue weighted by Gasteiger charge is -2.58. The largest absolute Gasteiger partial charge is 0.375 e. The predicted octanol–water partition coefficient (Wildman–Crippen LogP) is 2.13. The van der Waals surface area contributed by atoms with Crippen LogP contribution in [0, 0.1) is 11.7 Å². The molecule has 2 aliphatic heterocycles. The number of likely N-dealkylation sites (tertiary alicyclic amines) is 1. The Morgan fingerprint density at radius 1 is 1.23 bits per heavy atom. The molecule has 0 aliphatic carbocycles. The molecule has 1 spiro atoms. The van der Waals surface area contributed by atoms with Crippen LogP contribution >= 0.6 is 0 Å². The Morgan fingerprint density at radius 3 is 2.77 bits per heavy atom. The number of anilines is 1. The summed E-state index contributed by atoms with van der Waals surface area (Å²) in [5, 5.41) is 0. The lowest BCUT2D eigenvalue weighted by atomic mass is 9.75. The molecule has 1 atom stereocenters. The maximum atomic E-state index is 13.0. The van der Waals surface area contributed by atoms with E-state index in [0.29, 0.717) is 18.5 Å². The van der Waals surface area contributed by atoms with E-state index in [2.05, 4.69) is 31.8 Å². The number of hydrogen-bond acceptors (Lipinski definition) is 6. The van der Waals surface area contributed by atoms with Crippen LogP contribution in [-0.4, -0.2) is 58.7 Å². The first-order valence-electron chi connectivity index (χ1n) is 9.06. The highest BCUT2D eigenvalue weighted by Gasteiger charge is 2.50. The van der Waals surface area contributed by atoms with Gasteiger partial charge in [0.15, 0.2) is 5.82 Å². The van der Waals surface area contributed by atoms with Crippen molar-refractivity contribution in [1.82, 2.24) is 19.9 Å². The molecule has 4 heterocycles. The van der Waals surface area contributed by atoms with Crippen molar-refractivity contribution in [2.75, 3.05) is 38.2 Å². The molecule has 0 radical (unpaired) electrons. The van der Waals surface area contributed by atoms with E-state index in [9.17, 15) is 4.39 Å². The van der Waals surface area contributed by atoms with Gasteiger partial charge in [0.25, 0.3) is 0 Å². The first-order chi connectivity index (χ1) is 12.6. The molecule has 0 unspecified atom stereocenters.